The molecule has 0 aliphatic carbocycles. The highest BCUT2D eigenvalue weighted by Gasteiger charge is 2.08. The fourth-order valence-corrected chi connectivity index (χ4v) is 1.71. The normalized spacial score (nSPS) is 10.4. The second-order valence-corrected chi connectivity index (χ2v) is 4.40. The van der Waals surface area contributed by atoms with Gasteiger partial charge in [-0.25, -0.2) is 4.79 Å². The second-order valence-electron chi connectivity index (χ2n) is 4.40. The lowest BCUT2D eigenvalue weighted by Crippen LogP contribution is -2.11. The van der Waals surface area contributed by atoms with Gasteiger partial charge in [-0.1, -0.05) is 42.5 Å². The van der Waals surface area contributed by atoms with Crippen LogP contribution in [0.3, 0.4) is 0 Å². The van der Waals surface area contributed by atoms with Crippen LogP contribution in [0.2, 0.25) is 0 Å². The number of ether oxygens (including phenoxy) is 1. The van der Waals surface area contributed by atoms with E-state index in [0.717, 1.165) is 11.1 Å². The highest BCUT2D eigenvalue weighted by molar-refractivity contribution is 5.90. The molecule has 2 rings (SSSR count). The summed E-state index contributed by atoms with van der Waals surface area (Å²) in [6, 6.07) is 17.5. The lowest BCUT2D eigenvalue weighted by molar-refractivity contribution is 0.0378. The van der Waals surface area contributed by atoms with Crippen LogP contribution in [0.1, 0.15) is 24.2 Å². The lowest BCUT2D eigenvalue weighted by Gasteiger charge is -2.08. The van der Waals surface area contributed by atoms with Crippen LogP contribution >= 0.6 is 0 Å². The number of rotatable bonds is 3. The van der Waals surface area contributed by atoms with E-state index in [1.165, 1.54) is 0 Å². The van der Waals surface area contributed by atoms with Crippen molar-refractivity contribution < 1.29 is 9.53 Å². The van der Waals surface area contributed by atoms with Gasteiger partial charge in [0.15, 0.2) is 0 Å². The molecule has 0 fully saturated rings. The Morgan fingerprint density at radius 2 is 1.44 bits per heavy atom. The van der Waals surface area contributed by atoms with Gasteiger partial charge in [0.1, 0.15) is 0 Å². The number of benzene rings is 2. The molecule has 2 heteroatoms. The van der Waals surface area contributed by atoms with Crippen molar-refractivity contribution in [3.8, 4) is 11.1 Å². The lowest BCUT2D eigenvalue weighted by atomic mass is 10.0. The third kappa shape index (κ3) is 2.98. The minimum absolute atomic E-state index is 0.0914. The van der Waals surface area contributed by atoms with Gasteiger partial charge in [-0.05, 0) is 37.1 Å². The molecule has 0 aliphatic rings. The summed E-state index contributed by atoms with van der Waals surface area (Å²) in [5, 5.41) is 0. The summed E-state index contributed by atoms with van der Waals surface area (Å²) < 4.78 is 5.14. The highest BCUT2D eigenvalue weighted by atomic mass is 16.5. The molecule has 18 heavy (non-hydrogen) atoms. The van der Waals surface area contributed by atoms with E-state index in [-0.39, 0.29) is 12.1 Å². The second kappa shape index (κ2) is 5.50. The third-order valence-electron chi connectivity index (χ3n) is 2.57. The van der Waals surface area contributed by atoms with E-state index in [2.05, 4.69) is 0 Å². The van der Waals surface area contributed by atoms with E-state index >= 15 is 0 Å². The first-order valence-electron chi connectivity index (χ1n) is 6.03. The molecule has 0 aliphatic heterocycles. The minimum Gasteiger partial charge on any atom is -0.459 e. The Hall–Kier alpha value is -2.09. The van der Waals surface area contributed by atoms with Crippen LogP contribution in [-0.2, 0) is 4.74 Å². The molecule has 0 amide bonds. The van der Waals surface area contributed by atoms with Crippen molar-refractivity contribution in [1.29, 1.82) is 0 Å². The molecular weight excluding hydrogens is 224 g/mol. The Morgan fingerprint density at radius 1 is 0.889 bits per heavy atom. The third-order valence-corrected chi connectivity index (χ3v) is 2.57. The minimum atomic E-state index is -0.274. The van der Waals surface area contributed by atoms with Gasteiger partial charge in [-0.2, -0.15) is 0 Å². The van der Waals surface area contributed by atoms with E-state index in [9.17, 15) is 4.79 Å². The van der Waals surface area contributed by atoms with Gasteiger partial charge in [-0.3, -0.25) is 0 Å². The van der Waals surface area contributed by atoms with Crippen molar-refractivity contribution in [2.45, 2.75) is 20.0 Å². The zero-order valence-electron chi connectivity index (χ0n) is 10.6. The summed E-state index contributed by atoms with van der Waals surface area (Å²) >= 11 is 0. The van der Waals surface area contributed by atoms with Gasteiger partial charge in [0.25, 0.3) is 0 Å². The number of hydrogen-bond acceptors (Lipinski definition) is 2. The highest BCUT2D eigenvalue weighted by Crippen LogP contribution is 2.19. The molecule has 0 radical (unpaired) electrons. The molecule has 0 aromatic heterocycles. The van der Waals surface area contributed by atoms with E-state index in [1.54, 1.807) is 12.1 Å². The SMILES string of the molecule is CC(C)OC(=O)c1ccc(-c2ccccc2)cc1. The predicted molar refractivity (Wildman–Crippen MR) is 72.4 cm³/mol. The molecule has 2 aromatic carbocycles. The molecule has 0 heterocycles. The van der Waals surface area contributed by atoms with Crippen LogP contribution in [0.5, 0.6) is 0 Å². The maximum Gasteiger partial charge on any atom is 0.338 e. The van der Waals surface area contributed by atoms with Gasteiger partial charge in [0.2, 0.25) is 0 Å². The number of carbonyl (C=O) groups excluding carboxylic acids is 1. The standard InChI is InChI=1S/C16H16O2/c1-12(2)18-16(17)15-10-8-14(9-11-15)13-6-4-3-5-7-13/h3-12H,1-2H3. The van der Waals surface area contributed by atoms with Crippen LogP contribution in [0.4, 0.5) is 0 Å². The Labute approximate surface area is 107 Å². The predicted octanol–water partition coefficient (Wildman–Crippen LogP) is 3.92. The van der Waals surface area contributed by atoms with Gasteiger partial charge < -0.3 is 4.74 Å². The fraction of sp³-hybridized carbons (Fsp3) is 0.188. The largest absolute Gasteiger partial charge is 0.459 e. The molecule has 92 valence electrons. The van der Waals surface area contributed by atoms with Gasteiger partial charge in [0, 0.05) is 0 Å². The topological polar surface area (TPSA) is 26.3 Å². The van der Waals surface area contributed by atoms with Crippen molar-refractivity contribution in [2.24, 2.45) is 0 Å². The molecule has 2 aromatic rings. The van der Waals surface area contributed by atoms with E-state index in [0.29, 0.717) is 5.56 Å². The molecule has 0 saturated carbocycles. The van der Waals surface area contributed by atoms with Crippen molar-refractivity contribution in [3.05, 3.63) is 60.2 Å². The Kier molecular flexibility index (Phi) is 3.78. The first-order valence-corrected chi connectivity index (χ1v) is 6.03. The molecule has 0 spiro atoms. The summed E-state index contributed by atoms with van der Waals surface area (Å²) in [5.41, 5.74) is 2.82. The number of esters is 1. The zero-order valence-corrected chi connectivity index (χ0v) is 10.6. The van der Waals surface area contributed by atoms with Gasteiger partial charge in [0.05, 0.1) is 11.7 Å². The summed E-state index contributed by atoms with van der Waals surface area (Å²) in [7, 11) is 0. The van der Waals surface area contributed by atoms with Crippen LogP contribution in [-0.4, -0.2) is 12.1 Å². The average molecular weight is 240 g/mol. The molecule has 0 bridgehead atoms. The van der Waals surface area contributed by atoms with Gasteiger partial charge in [-0.15, -0.1) is 0 Å². The Balaban J connectivity index is 2.18. The van der Waals surface area contributed by atoms with E-state index in [1.807, 2.05) is 56.3 Å². The van der Waals surface area contributed by atoms with Crippen LogP contribution < -0.4 is 0 Å². The van der Waals surface area contributed by atoms with Crippen LogP contribution in [0.25, 0.3) is 11.1 Å². The first-order chi connectivity index (χ1) is 8.66. The summed E-state index contributed by atoms with van der Waals surface area (Å²) in [6.45, 7) is 3.69. The van der Waals surface area contributed by atoms with Gasteiger partial charge >= 0.3 is 5.97 Å². The van der Waals surface area contributed by atoms with Crippen molar-refractivity contribution >= 4 is 5.97 Å². The van der Waals surface area contributed by atoms with Crippen molar-refractivity contribution in [2.75, 3.05) is 0 Å². The fourth-order valence-electron chi connectivity index (χ4n) is 1.71. The molecule has 0 atom stereocenters. The van der Waals surface area contributed by atoms with E-state index < -0.39 is 0 Å². The molecule has 0 N–H and O–H groups in total. The molecule has 0 unspecified atom stereocenters. The Bertz CT molecular complexity index is 513. The zero-order chi connectivity index (χ0) is 13.0. The molecule has 0 saturated heterocycles. The maximum absolute atomic E-state index is 11.7. The monoisotopic (exact) mass is 240 g/mol. The summed E-state index contributed by atoms with van der Waals surface area (Å²) in [4.78, 5) is 11.7. The van der Waals surface area contributed by atoms with Crippen molar-refractivity contribution in [1.82, 2.24) is 0 Å². The average Bonchev–Trinajstić information content (AvgIpc) is 2.39. The molecule has 2 nitrogen and oxygen atoms in total. The molecular formula is C16H16O2. The van der Waals surface area contributed by atoms with Crippen LogP contribution in [0, 0.1) is 0 Å². The maximum atomic E-state index is 11.7. The summed E-state index contributed by atoms with van der Waals surface area (Å²) in [6.07, 6.45) is -0.0914. The first kappa shape index (κ1) is 12.4. The van der Waals surface area contributed by atoms with Crippen molar-refractivity contribution in [3.63, 3.8) is 0 Å². The van der Waals surface area contributed by atoms with Crippen LogP contribution in [0.15, 0.2) is 54.6 Å². The number of hydrogen-bond donors (Lipinski definition) is 0. The smallest absolute Gasteiger partial charge is 0.338 e. The number of carbonyl (C=O) groups is 1. The van der Waals surface area contributed by atoms with E-state index in [4.69, 9.17) is 4.74 Å². The Morgan fingerprint density at radius 3 is 2.00 bits per heavy atom. The quantitative estimate of drug-likeness (QED) is 0.760. The summed E-state index contributed by atoms with van der Waals surface area (Å²) in [5.74, 6) is -0.274.